The molecule has 2 heterocycles. The quantitative estimate of drug-likeness (QED) is 0.298. The van der Waals surface area contributed by atoms with E-state index in [1.807, 2.05) is 6.92 Å². The van der Waals surface area contributed by atoms with Gasteiger partial charge in [-0.3, -0.25) is 19.8 Å². The lowest BCUT2D eigenvalue weighted by molar-refractivity contribution is -0.136. The molecular formula is C28H26N4O7. The Morgan fingerprint density at radius 1 is 0.949 bits per heavy atom. The summed E-state index contributed by atoms with van der Waals surface area (Å²) < 4.78 is 22.8. The summed E-state index contributed by atoms with van der Waals surface area (Å²) in [5.41, 5.74) is 4.31. The zero-order valence-corrected chi connectivity index (χ0v) is 21.3. The van der Waals surface area contributed by atoms with E-state index in [-0.39, 0.29) is 19.0 Å². The molecule has 0 spiro atoms. The van der Waals surface area contributed by atoms with Crippen LogP contribution in [0.1, 0.15) is 23.0 Å². The molecule has 0 aliphatic carbocycles. The van der Waals surface area contributed by atoms with E-state index in [2.05, 4.69) is 16.1 Å². The average Bonchev–Trinajstić information content (AvgIpc) is 3.57. The Kier molecular flexibility index (Phi) is 7.21. The van der Waals surface area contributed by atoms with Crippen molar-refractivity contribution in [2.75, 3.05) is 31.3 Å². The lowest BCUT2D eigenvalue weighted by Crippen LogP contribution is -2.39. The number of amides is 3. The third-order valence-corrected chi connectivity index (χ3v) is 5.97. The van der Waals surface area contributed by atoms with Crippen molar-refractivity contribution in [2.24, 2.45) is 0 Å². The van der Waals surface area contributed by atoms with Crippen LogP contribution in [0.2, 0.25) is 0 Å². The maximum Gasteiger partial charge on any atom is 0.328 e. The molecule has 0 unspecified atom stereocenters. The molecule has 0 atom stereocenters. The number of ether oxygens (including phenoxy) is 4. The van der Waals surface area contributed by atoms with Crippen LogP contribution in [-0.4, -0.2) is 42.9 Å². The van der Waals surface area contributed by atoms with Gasteiger partial charge in [0.05, 0.1) is 13.7 Å². The Balaban J connectivity index is 1.35. The summed E-state index contributed by atoms with van der Waals surface area (Å²) in [7, 11) is 1.48. The van der Waals surface area contributed by atoms with E-state index in [0.29, 0.717) is 46.2 Å². The fourth-order valence-corrected chi connectivity index (χ4v) is 4.14. The van der Waals surface area contributed by atoms with Gasteiger partial charge in [0.1, 0.15) is 22.7 Å². The molecule has 3 aromatic carbocycles. The average molecular weight is 531 g/mol. The second-order valence-electron chi connectivity index (χ2n) is 8.49. The molecule has 0 fully saturated rings. The fourth-order valence-electron chi connectivity index (χ4n) is 4.14. The van der Waals surface area contributed by atoms with E-state index in [1.165, 1.54) is 11.8 Å². The highest BCUT2D eigenvalue weighted by Crippen LogP contribution is 2.32. The molecule has 0 radical (unpaired) electrons. The van der Waals surface area contributed by atoms with Gasteiger partial charge in [-0.15, -0.1) is 0 Å². The van der Waals surface area contributed by atoms with Gasteiger partial charge in [0, 0.05) is 17.6 Å². The third kappa shape index (κ3) is 5.42. The second kappa shape index (κ2) is 11.1. The van der Waals surface area contributed by atoms with E-state index < -0.39 is 17.7 Å². The minimum Gasteiger partial charge on any atom is -0.494 e. The highest BCUT2D eigenvalue weighted by Gasteiger charge is 2.23. The number of carbonyl (C=O) groups excluding carboxylic acids is 3. The number of aromatic nitrogens is 1. The van der Waals surface area contributed by atoms with Crippen molar-refractivity contribution in [3.05, 3.63) is 78.0 Å². The first-order valence-corrected chi connectivity index (χ1v) is 12.2. The van der Waals surface area contributed by atoms with Crippen molar-refractivity contribution in [2.45, 2.75) is 13.5 Å². The van der Waals surface area contributed by atoms with E-state index in [9.17, 15) is 14.4 Å². The van der Waals surface area contributed by atoms with Crippen LogP contribution in [0, 0.1) is 0 Å². The van der Waals surface area contributed by atoms with E-state index >= 15 is 0 Å². The number of anilines is 1. The van der Waals surface area contributed by atoms with Crippen molar-refractivity contribution in [3.63, 3.8) is 0 Å². The largest absolute Gasteiger partial charge is 0.494 e. The molecule has 200 valence electrons. The number of nitrogens with one attached hydrogen (secondary N) is 3. The molecule has 0 saturated heterocycles. The minimum atomic E-state index is -0.964. The molecule has 3 N–H and O–H groups in total. The SMILES string of the molecule is CCOc1ccc(NC(=O)c2cc3cccc(OC)c3n2NC(=O)C(=O)NCc2ccc3c(c2)OCO3)cc1. The summed E-state index contributed by atoms with van der Waals surface area (Å²) >= 11 is 0. The standard InChI is InChI=1S/C28H26N4O7/c1-3-37-20-10-8-19(9-11-20)30-26(33)21-14-18-5-4-6-23(36-2)25(18)32(21)31-28(35)27(34)29-15-17-7-12-22-24(13-17)39-16-38-22/h4-14H,3,15-16H2,1-2H3,(H,29,34)(H,30,33)(H,31,35). The van der Waals surface area contributed by atoms with Crippen molar-refractivity contribution in [1.29, 1.82) is 0 Å². The molecule has 5 rings (SSSR count). The Morgan fingerprint density at radius 2 is 1.74 bits per heavy atom. The van der Waals surface area contributed by atoms with Gasteiger partial charge in [-0.05, 0) is 61.0 Å². The molecule has 0 saturated carbocycles. The van der Waals surface area contributed by atoms with Crippen LogP contribution in [0.3, 0.4) is 0 Å². The van der Waals surface area contributed by atoms with Crippen LogP contribution in [0.5, 0.6) is 23.0 Å². The normalized spacial score (nSPS) is 11.6. The Morgan fingerprint density at radius 3 is 2.51 bits per heavy atom. The first kappa shape index (κ1) is 25.5. The Labute approximate surface area is 223 Å². The molecule has 4 aromatic rings. The predicted octanol–water partition coefficient (Wildman–Crippen LogP) is 3.42. The van der Waals surface area contributed by atoms with Crippen molar-refractivity contribution in [3.8, 4) is 23.0 Å². The van der Waals surface area contributed by atoms with Crippen LogP contribution in [0.4, 0.5) is 5.69 Å². The molecule has 0 bridgehead atoms. The van der Waals surface area contributed by atoms with Gasteiger partial charge < -0.3 is 29.6 Å². The van der Waals surface area contributed by atoms with E-state index in [0.717, 1.165) is 5.56 Å². The van der Waals surface area contributed by atoms with Gasteiger partial charge in [0.2, 0.25) is 6.79 Å². The first-order chi connectivity index (χ1) is 19.0. The van der Waals surface area contributed by atoms with Gasteiger partial charge >= 0.3 is 11.8 Å². The van der Waals surface area contributed by atoms with Gasteiger partial charge in [0.25, 0.3) is 5.91 Å². The number of rotatable bonds is 8. The number of hydrogen-bond donors (Lipinski definition) is 3. The topological polar surface area (TPSA) is 129 Å². The first-order valence-electron chi connectivity index (χ1n) is 12.2. The minimum absolute atomic E-state index is 0.0870. The molecule has 3 amide bonds. The third-order valence-electron chi connectivity index (χ3n) is 5.97. The number of para-hydroxylation sites is 1. The highest BCUT2D eigenvalue weighted by atomic mass is 16.7. The van der Waals surface area contributed by atoms with Crippen molar-refractivity contribution in [1.82, 2.24) is 9.99 Å². The molecule has 11 heteroatoms. The monoisotopic (exact) mass is 530 g/mol. The molecule has 11 nitrogen and oxygen atoms in total. The van der Waals surface area contributed by atoms with Crippen molar-refractivity contribution >= 4 is 34.3 Å². The van der Waals surface area contributed by atoms with Crippen LogP contribution < -0.4 is 35.0 Å². The van der Waals surface area contributed by atoms with Crippen LogP contribution >= 0.6 is 0 Å². The molecule has 1 aliphatic rings. The predicted molar refractivity (Wildman–Crippen MR) is 143 cm³/mol. The number of nitrogens with zero attached hydrogens (tertiary/aromatic N) is 1. The number of benzene rings is 3. The number of methoxy groups -OCH3 is 1. The smallest absolute Gasteiger partial charge is 0.328 e. The zero-order valence-electron chi connectivity index (χ0n) is 21.3. The lowest BCUT2D eigenvalue weighted by Gasteiger charge is -2.14. The summed E-state index contributed by atoms with van der Waals surface area (Å²) in [6.07, 6.45) is 0. The highest BCUT2D eigenvalue weighted by molar-refractivity contribution is 6.38. The van der Waals surface area contributed by atoms with Gasteiger partial charge in [-0.1, -0.05) is 18.2 Å². The van der Waals surface area contributed by atoms with Gasteiger partial charge in [-0.2, -0.15) is 0 Å². The number of carbonyl (C=O) groups is 3. The summed E-state index contributed by atoms with van der Waals surface area (Å²) in [5.74, 6) is -0.0790. The summed E-state index contributed by atoms with van der Waals surface area (Å²) in [5, 5.41) is 6.02. The molecule has 39 heavy (non-hydrogen) atoms. The number of fused-ring (bicyclic) bond motifs is 2. The van der Waals surface area contributed by atoms with Crippen LogP contribution in [0.25, 0.3) is 10.9 Å². The Hall–Kier alpha value is -5.19. The summed E-state index contributed by atoms with van der Waals surface area (Å²) in [4.78, 5) is 38.9. The van der Waals surface area contributed by atoms with Crippen LogP contribution in [0.15, 0.2) is 66.7 Å². The fraction of sp³-hybridized carbons (Fsp3) is 0.179. The summed E-state index contributed by atoms with van der Waals surface area (Å²) in [6, 6.07) is 19.0. The van der Waals surface area contributed by atoms with Gasteiger partial charge in [-0.25, -0.2) is 4.68 Å². The zero-order chi connectivity index (χ0) is 27.4. The molecular weight excluding hydrogens is 504 g/mol. The second-order valence-corrected chi connectivity index (χ2v) is 8.49. The summed E-state index contributed by atoms with van der Waals surface area (Å²) in [6.45, 7) is 2.63. The van der Waals surface area contributed by atoms with Crippen molar-refractivity contribution < 1.29 is 33.3 Å². The Bertz CT molecular complexity index is 1550. The van der Waals surface area contributed by atoms with E-state index in [1.54, 1.807) is 66.7 Å². The number of hydrogen-bond acceptors (Lipinski definition) is 7. The van der Waals surface area contributed by atoms with Gasteiger partial charge in [0.15, 0.2) is 11.5 Å². The van der Waals surface area contributed by atoms with Crippen LogP contribution in [-0.2, 0) is 16.1 Å². The van der Waals surface area contributed by atoms with E-state index in [4.69, 9.17) is 18.9 Å². The molecule has 1 aliphatic heterocycles. The maximum absolute atomic E-state index is 13.3. The molecule has 1 aromatic heterocycles. The lowest BCUT2D eigenvalue weighted by atomic mass is 10.2. The maximum atomic E-state index is 13.3.